The number of halogens is 1. The van der Waals surface area contributed by atoms with Gasteiger partial charge >= 0.3 is 11.8 Å². The lowest BCUT2D eigenvalue weighted by molar-refractivity contribution is -0.139. The van der Waals surface area contributed by atoms with Gasteiger partial charge in [-0.1, -0.05) is 48.0 Å². The molecule has 0 aromatic heterocycles. The minimum Gasteiger partial charge on any atom is -0.483 e. The van der Waals surface area contributed by atoms with Crippen LogP contribution in [0.5, 0.6) is 5.75 Å². The second-order valence-electron chi connectivity index (χ2n) is 8.12. The summed E-state index contributed by atoms with van der Waals surface area (Å²) < 4.78 is 5.63. The molecule has 0 saturated carbocycles. The third-order valence-corrected chi connectivity index (χ3v) is 5.58. The third-order valence-electron chi connectivity index (χ3n) is 5.34. The van der Waals surface area contributed by atoms with E-state index in [1.165, 1.54) is 6.21 Å². The molecule has 36 heavy (non-hydrogen) atoms. The fourth-order valence-electron chi connectivity index (χ4n) is 3.21. The number of hydrogen-bond donors (Lipinski definition) is 3. The van der Waals surface area contributed by atoms with Crippen LogP contribution in [0.4, 0.5) is 5.69 Å². The number of ether oxygens (including phenoxy) is 1. The van der Waals surface area contributed by atoms with Crippen LogP contribution in [0.2, 0.25) is 5.02 Å². The summed E-state index contributed by atoms with van der Waals surface area (Å²) in [5, 5.41) is 9.63. The molecule has 0 aliphatic rings. The Bertz CT molecular complexity index is 1280. The number of rotatable bonds is 8. The van der Waals surface area contributed by atoms with Gasteiger partial charge in [-0.15, -0.1) is 0 Å². The van der Waals surface area contributed by atoms with E-state index in [4.69, 9.17) is 16.3 Å². The number of carbonyl (C=O) groups is 3. The van der Waals surface area contributed by atoms with E-state index in [9.17, 15) is 14.4 Å². The molecule has 0 aliphatic heterocycles. The number of benzene rings is 3. The topological polar surface area (TPSA) is 109 Å². The van der Waals surface area contributed by atoms with Gasteiger partial charge < -0.3 is 15.4 Å². The number of carbonyl (C=O) groups excluding carboxylic acids is 3. The molecule has 3 aromatic rings. The van der Waals surface area contributed by atoms with Gasteiger partial charge in [0.15, 0.2) is 6.61 Å². The first-order valence-electron chi connectivity index (χ1n) is 11.2. The SMILES string of the molecule is Cc1ccc(NC(=O)COc2ccc(Cl)cc2/C=N\NC(=O)C(=O)N[C@@H](C)c2ccccc2)cc1C. The van der Waals surface area contributed by atoms with E-state index < -0.39 is 11.8 Å². The molecule has 0 heterocycles. The maximum absolute atomic E-state index is 12.3. The van der Waals surface area contributed by atoms with Gasteiger partial charge in [-0.3, -0.25) is 14.4 Å². The van der Waals surface area contributed by atoms with Gasteiger partial charge in [0.05, 0.1) is 12.3 Å². The molecule has 0 fully saturated rings. The first kappa shape index (κ1) is 26.4. The smallest absolute Gasteiger partial charge is 0.329 e. The van der Waals surface area contributed by atoms with Crippen LogP contribution < -0.4 is 20.8 Å². The van der Waals surface area contributed by atoms with Crippen LogP contribution in [-0.2, 0) is 14.4 Å². The number of hydrazone groups is 1. The van der Waals surface area contributed by atoms with Gasteiger partial charge in [-0.05, 0) is 67.8 Å². The molecule has 1 atom stereocenters. The van der Waals surface area contributed by atoms with Crippen LogP contribution in [0.25, 0.3) is 0 Å². The first-order valence-corrected chi connectivity index (χ1v) is 11.6. The number of hydrogen-bond acceptors (Lipinski definition) is 5. The molecular formula is C27H27ClN4O4. The van der Waals surface area contributed by atoms with Crippen molar-refractivity contribution in [3.63, 3.8) is 0 Å². The van der Waals surface area contributed by atoms with Crippen LogP contribution in [0.15, 0.2) is 71.8 Å². The zero-order chi connectivity index (χ0) is 26.1. The van der Waals surface area contributed by atoms with E-state index in [0.29, 0.717) is 22.0 Å². The van der Waals surface area contributed by atoms with Crippen molar-refractivity contribution < 1.29 is 19.1 Å². The molecule has 3 rings (SSSR count). The molecule has 0 aliphatic carbocycles. The van der Waals surface area contributed by atoms with Gasteiger partial charge in [0.25, 0.3) is 5.91 Å². The summed E-state index contributed by atoms with van der Waals surface area (Å²) in [7, 11) is 0. The quantitative estimate of drug-likeness (QED) is 0.240. The molecule has 0 bridgehead atoms. The fraction of sp³-hybridized carbons (Fsp3) is 0.185. The Hall–Kier alpha value is -4.17. The number of nitrogens with one attached hydrogen (secondary N) is 3. The predicted octanol–water partition coefficient (Wildman–Crippen LogP) is 4.30. The molecule has 3 aromatic carbocycles. The normalized spacial score (nSPS) is 11.6. The molecule has 186 valence electrons. The van der Waals surface area contributed by atoms with Gasteiger partial charge in [-0.25, -0.2) is 5.43 Å². The lowest BCUT2D eigenvalue weighted by atomic mass is 10.1. The lowest BCUT2D eigenvalue weighted by Crippen LogP contribution is -2.39. The highest BCUT2D eigenvalue weighted by atomic mass is 35.5. The summed E-state index contributed by atoms with van der Waals surface area (Å²) in [5.74, 6) is -1.76. The molecule has 8 nitrogen and oxygen atoms in total. The fourth-order valence-corrected chi connectivity index (χ4v) is 3.39. The van der Waals surface area contributed by atoms with Crippen molar-refractivity contribution in [3.05, 3.63) is 94.0 Å². The monoisotopic (exact) mass is 506 g/mol. The Morgan fingerprint density at radius 3 is 2.44 bits per heavy atom. The second-order valence-corrected chi connectivity index (χ2v) is 8.56. The molecule has 3 amide bonds. The van der Waals surface area contributed by atoms with Crippen LogP contribution in [0.1, 0.15) is 35.2 Å². The predicted molar refractivity (Wildman–Crippen MR) is 140 cm³/mol. The first-order chi connectivity index (χ1) is 17.2. The summed E-state index contributed by atoms with van der Waals surface area (Å²) in [6.07, 6.45) is 1.29. The summed E-state index contributed by atoms with van der Waals surface area (Å²) in [4.78, 5) is 36.6. The maximum Gasteiger partial charge on any atom is 0.329 e. The Labute approximate surface area is 214 Å². The zero-order valence-corrected chi connectivity index (χ0v) is 20.9. The molecule has 9 heteroatoms. The largest absolute Gasteiger partial charge is 0.483 e. The third kappa shape index (κ3) is 7.68. The van der Waals surface area contributed by atoms with Crippen molar-refractivity contribution in [1.29, 1.82) is 0 Å². The molecule has 3 N–H and O–H groups in total. The van der Waals surface area contributed by atoms with E-state index >= 15 is 0 Å². The average Bonchev–Trinajstić information content (AvgIpc) is 2.86. The second kappa shape index (κ2) is 12.5. The van der Waals surface area contributed by atoms with Crippen molar-refractivity contribution in [1.82, 2.24) is 10.7 Å². The minimum atomic E-state index is -0.925. The Kier molecular flexibility index (Phi) is 9.19. The Morgan fingerprint density at radius 2 is 1.72 bits per heavy atom. The highest BCUT2D eigenvalue weighted by Gasteiger charge is 2.16. The van der Waals surface area contributed by atoms with Crippen molar-refractivity contribution in [2.75, 3.05) is 11.9 Å². The number of aryl methyl sites for hydroxylation is 2. The van der Waals surface area contributed by atoms with E-state index in [0.717, 1.165) is 16.7 Å². The summed E-state index contributed by atoms with van der Waals surface area (Å²) in [5.41, 5.74) is 6.33. The Balaban J connectivity index is 1.56. The van der Waals surface area contributed by atoms with Crippen molar-refractivity contribution >= 4 is 41.2 Å². The molecule has 0 radical (unpaired) electrons. The van der Waals surface area contributed by atoms with Gasteiger partial charge in [0, 0.05) is 16.3 Å². The van der Waals surface area contributed by atoms with Gasteiger partial charge in [0.2, 0.25) is 0 Å². The molecular weight excluding hydrogens is 480 g/mol. The summed E-state index contributed by atoms with van der Waals surface area (Å²) in [6.45, 7) is 5.48. The highest BCUT2D eigenvalue weighted by Crippen LogP contribution is 2.22. The van der Waals surface area contributed by atoms with Crippen molar-refractivity contribution in [2.45, 2.75) is 26.8 Å². The highest BCUT2D eigenvalue weighted by molar-refractivity contribution is 6.35. The van der Waals surface area contributed by atoms with E-state index in [-0.39, 0.29) is 18.6 Å². The lowest BCUT2D eigenvalue weighted by Gasteiger charge is -2.13. The number of amides is 3. The van der Waals surface area contributed by atoms with Gasteiger partial charge in [-0.2, -0.15) is 5.10 Å². The summed E-state index contributed by atoms with van der Waals surface area (Å²) in [6, 6.07) is 19.3. The van der Waals surface area contributed by atoms with Crippen LogP contribution in [-0.4, -0.2) is 30.5 Å². The Morgan fingerprint density at radius 1 is 0.972 bits per heavy atom. The molecule has 0 saturated heterocycles. The maximum atomic E-state index is 12.3. The van der Waals surface area contributed by atoms with Crippen LogP contribution in [0.3, 0.4) is 0 Å². The van der Waals surface area contributed by atoms with Crippen LogP contribution in [0, 0.1) is 13.8 Å². The average molecular weight is 507 g/mol. The van der Waals surface area contributed by atoms with E-state index in [1.807, 2.05) is 62.4 Å². The molecule has 0 spiro atoms. The summed E-state index contributed by atoms with van der Waals surface area (Å²) >= 11 is 6.07. The van der Waals surface area contributed by atoms with Crippen LogP contribution >= 0.6 is 11.6 Å². The minimum absolute atomic E-state index is 0.248. The number of nitrogens with zero attached hydrogens (tertiary/aromatic N) is 1. The number of anilines is 1. The standard InChI is InChI=1S/C27H27ClN4O4/c1-17-9-11-23(13-18(17)2)31-25(33)16-36-24-12-10-22(28)14-21(24)15-29-32-27(35)26(34)30-19(3)20-7-5-4-6-8-20/h4-15,19H,16H2,1-3H3,(H,30,34)(H,31,33)(H,32,35)/b29-15-/t19-/m0/s1. The zero-order valence-electron chi connectivity index (χ0n) is 20.2. The van der Waals surface area contributed by atoms with Crippen molar-refractivity contribution in [2.24, 2.45) is 5.10 Å². The van der Waals surface area contributed by atoms with Gasteiger partial charge in [0.1, 0.15) is 5.75 Å². The van der Waals surface area contributed by atoms with Crippen molar-refractivity contribution in [3.8, 4) is 5.75 Å². The van der Waals surface area contributed by atoms with E-state index in [1.54, 1.807) is 25.1 Å². The van der Waals surface area contributed by atoms with E-state index in [2.05, 4.69) is 21.2 Å². The molecule has 0 unspecified atom stereocenters.